The number of halogens is 3. The van der Waals surface area contributed by atoms with E-state index in [0.717, 1.165) is 25.7 Å². The normalized spacial score (nSPS) is 15.7. The van der Waals surface area contributed by atoms with Crippen LogP contribution >= 0.6 is 27.5 Å². The fourth-order valence-corrected chi connectivity index (χ4v) is 3.23. The molecular formula is C14H16BrClFNO. The minimum absolute atomic E-state index is 0.00276. The zero-order chi connectivity index (χ0) is 13.8. The molecule has 0 atom stereocenters. The van der Waals surface area contributed by atoms with Crippen LogP contribution in [0.25, 0.3) is 0 Å². The van der Waals surface area contributed by atoms with Gasteiger partial charge in [0.15, 0.2) is 0 Å². The van der Waals surface area contributed by atoms with Crippen LogP contribution in [0.1, 0.15) is 36.0 Å². The molecule has 19 heavy (non-hydrogen) atoms. The quantitative estimate of drug-likeness (QED) is 0.745. The Balaban J connectivity index is 2.28. The number of benzene rings is 1. The molecule has 0 spiro atoms. The molecule has 1 aliphatic carbocycles. The summed E-state index contributed by atoms with van der Waals surface area (Å²) in [4.78, 5) is 14.3. The highest BCUT2D eigenvalue weighted by atomic mass is 79.9. The summed E-state index contributed by atoms with van der Waals surface area (Å²) in [5.41, 5.74) is -0.00276. The summed E-state index contributed by atoms with van der Waals surface area (Å²) in [6, 6.07) is 4.55. The molecule has 1 amide bonds. The summed E-state index contributed by atoms with van der Waals surface area (Å²) in [5, 5.41) is 0.865. The van der Waals surface area contributed by atoms with Crippen molar-refractivity contribution < 1.29 is 9.18 Å². The third-order valence-corrected chi connectivity index (χ3v) is 4.20. The van der Waals surface area contributed by atoms with E-state index in [9.17, 15) is 9.18 Å². The maximum Gasteiger partial charge on any atom is 0.258 e. The number of nitrogens with zero attached hydrogens (tertiary/aromatic N) is 1. The molecule has 2 rings (SSSR count). The Bertz CT molecular complexity index is 443. The lowest BCUT2D eigenvalue weighted by Gasteiger charge is -2.29. The molecule has 0 aromatic heterocycles. The Morgan fingerprint density at radius 1 is 1.42 bits per heavy atom. The Labute approximate surface area is 126 Å². The molecule has 0 N–H and O–H groups in total. The van der Waals surface area contributed by atoms with Crippen LogP contribution in [0.2, 0.25) is 5.02 Å². The van der Waals surface area contributed by atoms with Crippen LogP contribution in [0.3, 0.4) is 0 Å². The topological polar surface area (TPSA) is 20.3 Å². The van der Waals surface area contributed by atoms with E-state index in [4.69, 9.17) is 11.6 Å². The Hall–Kier alpha value is -0.610. The molecule has 1 aromatic rings. The first kappa shape index (κ1) is 14.8. The fraction of sp³-hybridized carbons (Fsp3) is 0.500. The minimum Gasteiger partial charge on any atom is -0.335 e. The third kappa shape index (κ3) is 3.29. The average Bonchev–Trinajstić information content (AvgIpc) is 2.89. The van der Waals surface area contributed by atoms with E-state index < -0.39 is 5.82 Å². The Morgan fingerprint density at radius 2 is 2.11 bits per heavy atom. The number of hydrogen-bond donors (Lipinski definition) is 0. The molecule has 0 heterocycles. The van der Waals surface area contributed by atoms with Gasteiger partial charge in [0, 0.05) is 17.9 Å². The van der Waals surface area contributed by atoms with Gasteiger partial charge < -0.3 is 4.90 Å². The van der Waals surface area contributed by atoms with Crippen molar-refractivity contribution in [1.29, 1.82) is 0 Å². The molecule has 0 aliphatic heterocycles. The molecule has 1 aliphatic rings. The van der Waals surface area contributed by atoms with Crippen LogP contribution in [-0.2, 0) is 0 Å². The van der Waals surface area contributed by atoms with Crippen LogP contribution in [0.15, 0.2) is 18.2 Å². The lowest BCUT2D eigenvalue weighted by molar-refractivity contribution is 0.0691. The standard InChI is InChI=1S/C14H16BrClFNO/c15-8-9-18(10-4-1-2-5-10)14(19)13-11(16)6-3-7-12(13)17/h3,6-7,10H,1-2,4-5,8-9H2. The Morgan fingerprint density at radius 3 is 2.68 bits per heavy atom. The van der Waals surface area contributed by atoms with Gasteiger partial charge in [-0.2, -0.15) is 0 Å². The fourth-order valence-electron chi connectivity index (χ4n) is 2.60. The monoisotopic (exact) mass is 347 g/mol. The zero-order valence-electron chi connectivity index (χ0n) is 10.5. The SMILES string of the molecule is O=C(c1c(F)cccc1Cl)N(CCBr)C1CCCC1. The van der Waals surface area contributed by atoms with Gasteiger partial charge in [-0.25, -0.2) is 4.39 Å². The van der Waals surface area contributed by atoms with E-state index in [1.54, 1.807) is 11.0 Å². The highest BCUT2D eigenvalue weighted by molar-refractivity contribution is 9.09. The predicted molar refractivity (Wildman–Crippen MR) is 78.5 cm³/mol. The second-order valence-corrected chi connectivity index (χ2v) is 5.92. The first-order valence-corrected chi connectivity index (χ1v) is 7.96. The molecule has 104 valence electrons. The van der Waals surface area contributed by atoms with Crippen molar-refractivity contribution in [3.63, 3.8) is 0 Å². The summed E-state index contributed by atoms with van der Waals surface area (Å²) >= 11 is 9.33. The molecule has 0 radical (unpaired) electrons. The van der Waals surface area contributed by atoms with Gasteiger partial charge in [0.05, 0.1) is 10.6 Å². The van der Waals surface area contributed by atoms with Crippen LogP contribution in [0.5, 0.6) is 0 Å². The molecule has 0 saturated heterocycles. The highest BCUT2D eigenvalue weighted by Crippen LogP contribution is 2.27. The molecule has 1 aromatic carbocycles. The van der Waals surface area contributed by atoms with Gasteiger partial charge in [0.25, 0.3) is 5.91 Å². The molecule has 5 heteroatoms. The van der Waals surface area contributed by atoms with Crippen molar-refractivity contribution in [3.05, 3.63) is 34.6 Å². The van der Waals surface area contributed by atoms with E-state index in [1.807, 2.05) is 0 Å². The lowest BCUT2D eigenvalue weighted by atomic mass is 10.1. The van der Waals surface area contributed by atoms with Crippen molar-refractivity contribution in [2.75, 3.05) is 11.9 Å². The maximum absolute atomic E-state index is 13.8. The third-order valence-electron chi connectivity index (χ3n) is 3.53. The lowest BCUT2D eigenvalue weighted by Crippen LogP contribution is -2.40. The van der Waals surface area contributed by atoms with E-state index in [2.05, 4.69) is 15.9 Å². The number of hydrogen-bond acceptors (Lipinski definition) is 1. The molecule has 1 fully saturated rings. The van der Waals surface area contributed by atoms with Gasteiger partial charge in [-0.05, 0) is 25.0 Å². The van der Waals surface area contributed by atoms with Crippen molar-refractivity contribution in [3.8, 4) is 0 Å². The van der Waals surface area contributed by atoms with Crippen LogP contribution in [0.4, 0.5) is 4.39 Å². The van der Waals surface area contributed by atoms with Crippen molar-refractivity contribution in [2.24, 2.45) is 0 Å². The largest absolute Gasteiger partial charge is 0.335 e. The van der Waals surface area contributed by atoms with E-state index in [0.29, 0.717) is 11.9 Å². The second-order valence-electron chi connectivity index (χ2n) is 4.72. The highest BCUT2D eigenvalue weighted by Gasteiger charge is 2.29. The number of carbonyl (C=O) groups is 1. The van der Waals surface area contributed by atoms with Crippen molar-refractivity contribution >= 4 is 33.4 Å². The smallest absolute Gasteiger partial charge is 0.258 e. The molecule has 0 unspecified atom stereocenters. The molecule has 0 bridgehead atoms. The molecule has 1 saturated carbocycles. The Kier molecular flexibility index (Phi) is 5.22. The number of rotatable bonds is 4. The zero-order valence-corrected chi connectivity index (χ0v) is 12.9. The van der Waals surface area contributed by atoms with Crippen molar-refractivity contribution in [1.82, 2.24) is 4.90 Å². The van der Waals surface area contributed by atoms with Gasteiger partial charge >= 0.3 is 0 Å². The summed E-state index contributed by atoms with van der Waals surface area (Å²) in [6.07, 6.45) is 4.24. The van der Waals surface area contributed by atoms with E-state index in [-0.39, 0.29) is 22.5 Å². The first-order valence-electron chi connectivity index (χ1n) is 6.46. The van der Waals surface area contributed by atoms with Gasteiger partial charge in [0.1, 0.15) is 5.82 Å². The van der Waals surface area contributed by atoms with Crippen LogP contribution in [-0.4, -0.2) is 28.7 Å². The molecular weight excluding hydrogens is 333 g/mol. The first-order chi connectivity index (χ1) is 9.15. The maximum atomic E-state index is 13.8. The summed E-state index contributed by atoms with van der Waals surface area (Å²) in [7, 11) is 0. The average molecular weight is 349 g/mol. The summed E-state index contributed by atoms with van der Waals surface area (Å²) in [6.45, 7) is 0.578. The van der Waals surface area contributed by atoms with Crippen LogP contribution < -0.4 is 0 Å². The number of amides is 1. The van der Waals surface area contributed by atoms with Gasteiger partial charge in [-0.15, -0.1) is 0 Å². The van der Waals surface area contributed by atoms with E-state index >= 15 is 0 Å². The summed E-state index contributed by atoms with van der Waals surface area (Å²) < 4.78 is 13.8. The predicted octanol–water partition coefficient (Wildman–Crippen LogP) is 4.26. The van der Waals surface area contributed by atoms with E-state index in [1.165, 1.54) is 12.1 Å². The minimum atomic E-state index is -0.546. The van der Waals surface area contributed by atoms with Crippen LogP contribution in [0, 0.1) is 5.82 Å². The van der Waals surface area contributed by atoms with Gasteiger partial charge in [-0.1, -0.05) is 46.4 Å². The number of alkyl halides is 1. The van der Waals surface area contributed by atoms with Crippen molar-refractivity contribution in [2.45, 2.75) is 31.7 Å². The second kappa shape index (κ2) is 6.71. The number of carbonyl (C=O) groups excluding carboxylic acids is 1. The summed E-state index contributed by atoms with van der Waals surface area (Å²) in [5.74, 6) is -0.843. The van der Waals surface area contributed by atoms with Gasteiger partial charge in [-0.3, -0.25) is 4.79 Å². The van der Waals surface area contributed by atoms with Gasteiger partial charge in [0.2, 0.25) is 0 Å². The molecule has 2 nitrogen and oxygen atoms in total.